The van der Waals surface area contributed by atoms with Crippen LogP contribution in [0, 0.1) is 5.82 Å². The lowest BCUT2D eigenvalue weighted by Crippen LogP contribution is -2.81. The fourth-order valence-electron chi connectivity index (χ4n) is 5.72. The van der Waals surface area contributed by atoms with Crippen LogP contribution in [0.2, 0.25) is 91.7 Å². The molecule has 290 valence electrons. The number of fused-ring (bicyclic) bond motifs is 4. The molecule has 1 aromatic carbocycles. The summed E-state index contributed by atoms with van der Waals surface area (Å²) in [4.78, 5) is 0. The van der Waals surface area contributed by atoms with Crippen LogP contribution in [0.1, 0.15) is 0 Å². The zero-order valence-electron chi connectivity index (χ0n) is 32.5. The summed E-state index contributed by atoms with van der Waals surface area (Å²) in [6, 6.07) is 6.58. The summed E-state index contributed by atoms with van der Waals surface area (Å²) in [5, 5.41) is 1.09. The Morgan fingerprint density at radius 3 is 1.32 bits per heavy atom. The fourth-order valence-corrected chi connectivity index (χ4v) is 54.9. The Labute approximate surface area is 313 Å². The number of hydrogen-bond donors (Lipinski definition) is 0. The molecule has 0 amide bonds. The summed E-state index contributed by atoms with van der Waals surface area (Å²) in [5.41, 5.74) is 0. The van der Waals surface area contributed by atoms with Crippen LogP contribution in [-0.4, -0.2) is 122 Å². The molecule has 4 fully saturated rings. The third kappa shape index (κ3) is 12.6. The van der Waals surface area contributed by atoms with E-state index in [0.717, 1.165) is 5.19 Å². The fraction of sp³-hybridized carbons (Fsp3) is 0.727. The molecule has 0 aliphatic carbocycles. The van der Waals surface area contributed by atoms with E-state index in [1.54, 1.807) is 60.0 Å². The summed E-state index contributed by atoms with van der Waals surface area (Å²) >= 11 is 0. The molecule has 4 atom stereocenters. The lowest BCUT2D eigenvalue weighted by Gasteiger charge is -2.56. The lowest BCUT2D eigenvalue weighted by molar-refractivity contribution is 0.0154. The summed E-state index contributed by atoms with van der Waals surface area (Å²) in [6.07, 6.45) is 0. The second-order valence-electron chi connectivity index (χ2n) is 14.0. The summed E-state index contributed by atoms with van der Waals surface area (Å²) < 4.78 is 105. The zero-order chi connectivity index (χ0) is 38.2. The molecule has 4 saturated heterocycles. The van der Waals surface area contributed by atoms with Gasteiger partial charge in [0.25, 0.3) is 0 Å². The molecule has 6 bridgehead atoms. The summed E-state index contributed by atoms with van der Waals surface area (Å²) in [7, 11) is -26.6. The first-order valence-electron chi connectivity index (χ1n) is 16.3. The van der Waals surface area contributed by atoms with Gasteiger partial charge in [-0.15, -0.1) is 0 Å². The Hall–Kier alpha value is 1.15. The molecule has 4 unspecified atom stereocenters. The van der Waals surface area contributed by atoms with Crippen molar-refractivity contribution in [3.63, 3.8) is 0 Å². The van der Waals surface area contributed by atoms with Crippen molar-refractivity contribution in [1.29, 1.82) is 0 Å². The minimum absolute atomic E-state index is 0.211. The highest BCUT2D eigenvalue weighted by Gasteiger charge is 2.73. The van der Waals surface area contributed by atoms with Crippen LogP contribution in [0.15, 0.2) is 24.3 Å². The van der Waals surface area contributed by atoms with E-state index in [-0.39, 0.29) is 5.82 Å². The minimum atomic E-state index is -3.43. The second-order valence-corrected chi connectivity index (χ2v) is 48.2. The highest BCUT2D eigenvalue weighted by Crippen LogP contribution is 2.43. The second kappa shape index (κ2) is 16.3. The smallest absolute Gasteiger partial charge is 0.432 e. The maximum Gasteiger partial charge on any atom is 0.475 e. The summed E-state index contributed by atoms with van der Waals surface area (Å²) in [5.74, 6) is -0.211. The van der Waals surface area contributed by atoms with E-state index in [9.17, 15) is 4.39 Å². The summed E-state index contributed by atoms with van der Waals surface area (Å²) in [6.45, 7) is 26.8. The van der Waals surface area contributed by atoms with Crippen molar-refractivity contribution in [2.24, 2.45) is 0 Å². The third-order valence-corrected chi connectivity index (χ3v) is 50.9. The maximum atomic E-state index is 12.8. The van der Waals surface area contributed by atoms with Gasteiger partial charge in [0.1, 0.15) is 16.3 Å². The predicted molar refractivity (Wildman–Crippen MR) is 212 cm³/mol. The normalized spacial score (nSPS) is 40.2. The maximum absolute atomic E-state index is 12.8. The van der Waals surface area contributed by atoms with Crippen molar-refractivity contribution < 1.29 is 66.7 Å². The largest absolute Gasteiger partial charge is 0.475 e. The van der Waals surface area contributed by atoms with Gasteiger partial charge < -0.3 is 62.3 Å². The van der Waals surface area contributed by atoms with Crippen LogP contribution in [0.4, 0.5) is 4.39 Å². The van der Waals surface area contributed by atoms with Crippen LogP contribution in [0.25, 0.3) is 0 Å². The molecule has 4 heterocycles. The van der Waals surface area contributed by atoms with Crippen LogP contribution < -0.4 is 5.19 Å². The van der Waals surface area contributed by atoms with E-state index >= 15 is 0 Å². The van der Waals surface area contributed by atoms with Crippen LogP contribution in [0.5, 0.6) is 0 Å². The average Bonchev–Trinajstić information content (AvgIpc) is 2.88. The minimum Gasteiger partial charge on any atom is -0.432 e. The molecule has 50 heavy (non-hydrogen) atoms. The zero-order valence-corrected chi connectivity index (χ0v) is 45.8. The molecule has 5 rings (SSSR count). The van der Waals surface area contributed by atoms with E-state index in [0.29, 0.717) is 10.5 Å². The number of hydrogen-bond acceptors (Lipinski definition) is 15. The molecule has 0 saturated carbocycles. The van der Waals surface area contributed by atoms with E-state index in [1.807, 2.05) is 31.8 Å². The van der Waals surface area contributed by atoms with Crippen molar-refractivity contribution in [3.8, 4) is 0 Å². The Kier molecular flexibility index (Phi) is 14.9. The van der Waals surface area contributed by atoms with Crippen LogP contribution >= 0.6 is 0 Å². The van der Waals surface area contributed by atoms with E-state index < -0.39 is 96.8 Å². The van der Waals surface area contributed by atoms with Crippen LogP contribution in [-0.2, 0) is 62.3 Å². The molecule has 15 nitrogen and oxygen atoms in total. The predicted octanol–water partition coefficient (Wildman–Crippen LogP) is 2.57. The Morgan fingerprint density at radius 1 is 0.660 bits per heavy atom. The van der Waals surface area contributed by atoms with Gasteiger partial charge in [0.2, 0.25) is 8.32 Å². The topological polar surface area (TPSA) is 138 Å². The number of benzene rings is 1. The van der Waals surface area contributed by atoms with Gasteiger partial charge in [0.15, 0.2) is 9.04 Å². The Morgan fingerprint density at radius 2 is 1.00 bits per heavy atom. The monoisotopic (exact) mass is 916 g/mol. The third-order valence-electron chi connectivity index (χ3n) is 7.47. The standard InChI is InChI=1S/C11H19FO2Si2.C8H28O12Si9.C3H10OSi/c1-13-16(4,5)14-15(2,3)11-8-6-10(12)7-9-11;1-22-10-24(3)14-26(5)12-23(2,9-21)13-27(6)15-25(4,11-22)17-28(7,16-24)20-29(8,18-26)19-27;1-4-5(2)3/h6-9H,1-5H3;22H,1-8,21H3;5H,1-3H3. The lowest BCUT2D eigenvalue weighted by atomic mass is 10.3. The molecule has 0 spiro atoms. The van der Waals surface area contributed by atoms with E-state index in [4.69, 9.17) is 62.3 Å². The van der Waals surface area contributed by atoms with Crippen molar-refractivity contribution >= 4 is 113 Å². The molecular formula is C22H57FO15Si12. The first kappa shape index (κ1) is 45.5. The Bertz CT molecular complexity index is 1260. The quantitative estimate of drug-likeness (QED) is 0.387. The highest BCUT2D eigenvalue weighted by molar-refractivity contribution is 6.99. The first-order valence-corrected chi connectivity index (χ1v) is 43.3. The molecule has 0 N–H and O–H groups in total. The number of rotatable bonds is 6. The van der Waals surface area contributed by atoms with E-state index in [1.165, 1.54) is 12.1 Å². The van der Waals surface area contributed by atoms with E-state index in [2.05, 4.69) is 26.2 Å². The molecular weight excluding hydrogens is 860 g/mol. The first-order chi connectivity index (χ1) is 22.6. The molecule has 0 radical (unpaired) electrons. The van der Waals surface area contributed by atoms with Gasteiger partial charge in [0.05, 0.1) is 0 Å². The highest BCUT2D eigenvalue weighted by atomic mass is 28.6. The Balaban J connectivity index is 0.000000271. The molecule has 4 aliphatic rings. The van der Waals surface area contributed by atoms with Gasteiger partial charge in [0, 0.05) is 60.0 Å². The SMILES string of the molecule is CO[SiH](C)C.CO[Si](C)(C)O[Si](C)(C)c1ccc(F)cc1.C[SiH]1O[Si]2(C)O[Si]3(C)O[Si](C)(O[SiH3])O[Si]4(C)O[Si](C)(O1)O[Si](C)(O2)O[Si](C)(O3)O4. The van der Waals surface area contributed by atoms with Gasteiger partial charge in [-0.3, -0.25) is 0 Å². The number of halogens is 1. The van der Waals surface area contributed by atoms with Gasteiger partial charge in [-0.25, -0.2) is 4.39 Å². The molecule has 1 aromatic rings. The molecule has 28 heteroatoms. The van der Waals surface area contributed by atoms with Crippen molar-refractivity contribution in [2.45, 2.75) is 91.7 Å². The average molecular weight is 918 g/mol. The van der Waals surface area contributed by atoms with Crippen LogP contribution in [0.3, 0.4) is 0 Å². The molecule has 0 aromatic heterocycles. The van der Waals surface area contributed by atoms with Crippen molar-refractivity contribution in [1.82, 2.24) is 0 Å². The van der Waals surface area contributed by atoms with Gasteiger partial charge in [-0.05, 0) is 63.1 Å². The van der Waals surface area contributed by atoms with Gasteiger partial charge in [-0.2, -0.15) is 0 Å². The van der Waals surface area contributed by atoms with Gasteiger partial charge in [-0.1, -0.05) is 12.1 Å². The van der Waals surface area contributed by atoms with Crippen molar-refractivity contribution in [3.05, 3.63) is 30.1 Å². The molecule has 4 aliphatic heterocycles. The van der Waals surface area contributed by atoms with Crippen molar-refractivity contribution in [2.75, 3.05) is 14.2 Å². The van der Waals surface area contributed by atoms with Gasteiger partial charge >= 0.3 is 79.5 Å².